The molecule has 0 bridgehead atoms. The van der Waals surface area contributed by atoms with Gasteiger partial charge in [0.1, 0.15) is 0 Å². The lowest BCUT2D eigenvalue weighted by Crippen LogP contribution is -2.11. The van der Waals surface area contributed by atoms with E-state index in [-0.39, 0.29) is 5.03 Å². The maximum Gasteiger partial charge on any atom is 0.172 e. The highest BCUT2D eigenvalue weighted by Crippen LogP contribution is 2.00. The Labute approximate surface area is 58.9 Å². The van der Waals surface area contributed by atoms with Gasteiger partial charge in [-0.3, -0.25) is 4.68 Å². The van der Waals surface area contributed by atoms with Crippen LogP contribution in [0.1, 0.15) is 0 Å². The Morgan fingerprint density at radius 1 is 1.90 bits per heavy atom. The van der Waals surface area contributed by atoms with E-state index in [0.29, 0.717) is 0 Å². The van der Waals surface area contributed by atoms with E-state index in [0.717, 1.165) is 0 Å². The Morgan fingerprint density at radius 2 is 2.50 bits per heavy atom. The zero-order valence-electron chi connectivity index (χ0n) is 5.44. The van der Waals surface area contributed by atoms with Crippen LogP contribution < -0.4 is 5.14 Å². The molecule has 0 radical (unpaired) electrons. The molecule has 10 heavy (non-hydrogen) atoms. The van der Waals surface area contributed by atoms with Crippen molar-refractivity contribution >= 4 is 9.92 Å². The largest absolute Gasteiger partial charge is 0.275 e. The van der Waals surface area contributed by atoms with Crippen molar-refractivity contribution in [2.75, 3.05) is 0 Å². The SMILES string of the molecule is Cn1ccc(S(=N)(N)=O)n1. The van der Waals surface area contributed by atoms with Crippen LogP contribution in [0.3, 0.4) is 0 Å². The van der Waals surface area contributed by atoms with Gasteiger partial charge in [-0.15, -0.1) is 0 Å². The van der Waals surface area contributed by atoms with Crippen LogP contribution in [0.4, 0.5) is 0 Å². The summed E-state index contributed by atoms with van der Waals surface area (Å²) in [6.07, 6.45) is 1.59. The fraction of sp³-hybridized carbons (Fsp3) is 0.250. The van der Waals surface area contributed by atoms with Gasteiger partial charge in [0.25, 0.3) is 0 Å². The van der Waals surface area contributed by atoms with E-state index in [1.54, 1.807) is 13.2 Å². The molecule has 0 saturated carbocycles. The van der Waals surface area contributed by atoms with Crippen molar-refractivity contribution in [3.63, 3.8) is 0 Å². The second-order valence-electron chi connectivity index (χ2n) is 1.93. The summed E-state index contributed by atoms with van der Waals surface area (Å²) >= 11 is 0. The second kappa shape index (κ2) is 2.06. The number of nitrogens with two attached hydrogens (primary N) is 1. The molecular weight excluding hydrogens is 152 g/mol. The molecule has 0 amide bonds. The maximum atomic E-state index is 10.8. The van der Waals surface area contributed by atoms with Gasteiger partial charge in [0, 0.05) is 13.2 Å². The topological polar surface area (TPSA) is 84.8 Å². The summed E-state index contributed by atoms with van der Waals surface area (Å²) in [6.45, 7) is 0. The van der Waals surface area contributed by atoms with E-state index in [2.05, 4.69) is 5.10 Å². The standard InChI is InChI=1S/C4H8N4OS/c1-8-3-2-4(7-8)10(5,6)9/h2-3H,1H3,(H3,5,6,9). The van der Waals surface area contributed by atoms with Gasteiger partial charge in [-0.1, -0.05) is 0 Å². The fourth-order valence-corrected chi connectivity index (χ4v) is 1.07. The van der Waals surface area contributed by atoms with Crippen LogP contribution in [0.5, 0.6) is 0 Å². The Bertz CT molecular complexity index is 325. The summed E-state index contributed by atoms with van der Waals surface area (Å²) in [5.74, 6) is 0. The van der Waals surface area contributed by atoms with E-state index in [4.69, 9.17) is 9.92 Å². The number of aryl methyl sites for hydroxylation is 1. The van der Waals surface area contributed by atoms with Gasteiger partial charge >= 0.3 is 0 Å². The molecule has 0 aliphatic carbocycles. The Morgan fingerprint density at radius 3 is 2.70 bits per heavy atom. The minimum Gasteiger partial charge on any atom is -0.275 e. The predicted molar refractivity (Wildman–Crippen MR) is 36.5 cm³/mol. The first kappa shape index (κ1) is 7.23. The highest BCUT2D eigenvalue weighted by Gasteiger charge is 2.05. The molecule has 1 heterocycles. The molecule has 5 nitrogen and oxygen atoms in total. The minimum atomic E-state index is -3.11. The van der Waals surface area contributed by atoms with Crippen LogP contribution in [0, 0.1) is 4.78 Å². The first-order valence-corrected chi connectivity index (χ1v) is 4.18. The van der Waals surface area contributed by atoms with Crippen LogP contribution >= 0.6 is 0 Å². The van der Waals surface area contributed by atoms with Gasteiger partial charge in [0.05, 0.1) is 0 Å². The van der Waals surface area contributed by atoms with Crippen LogP contribution in [-0.4, -0.2) is 14.0 Å². The lowest BCUT2D eigenvalue weighted by molar-refractivity contribution is 0.664. The van der Waals surface area contributed by atoms with Crippen LogP contribution in [0.25, 0.3) is 0 Å². The number of nitrogens with one attached hydrogen (secondary N) is 1. The molecule has 0 spiro atoms. The number of aromatic nitrogens is 2. The zero-order valence-corrected chi connectivity index (χ0v) is 6.26. The lowest BCUT2D eigenvalue weighted by Gasteiger charge is -1.91. The smallest absolute Gasteiger partial charge is 0.172 e. The highest BCUT2D eigenvalue weighted by molar-refractivity contribution is 7.90. The van der Waals surface area contributed by atoms with Gasteiger partial charge < -0.3 is 0 Å². The third-order valence-corrected chi connectivity index (χ3v) is 1.84. The Hall–Kier alpha value is -0.880. The molecule has 1 unspecified atom stereocenters. The molecular formula is C4H8N4OS. The summed E-state index contributed by atoms with van der Waals surface area (Å²) in [7, 11) is -1.44. The van der Waals surface area contributed by atoms with Gasteiger partial charge in [-0.25, -0.2) is 14.1 Å². The van der Waals surface area contributed by atoms with Gasteiger partial charge in [-0.05, 0) is 6.07 Å². The van der Waals surface area contributed by atoms with E-state index < -0.39 is 9.92 Å². The van der Waals surface area contributed by atoms with Crippen LogP contribution in [-0.2, 0) is 17.0 Å². The zero-order chi connectivity index (χ0) is 7.78. The molecule has 56 valence electrons. The number of rotatable bonds is 1. The second-order valence-corrected chi connectivity index (χ2v) is 3.55. The summed E-state index contributed by atoms with van der Waals surface area (Å²) < 4.78 is 19.1. The van der Waals surface area contributed by atoms with E-state index in [9.17, 15) is 4.21 Å². The lowest BCUT2D eigenvalue weighted by atomic mass is 10.7. The summed E-state index contributed by atoms with van der Waals surface area (Å²) in [6, 6.07) is 1.47. The van der Waals surface area contributed by atoms with E-state index >= 15 is 0 Å². The van der Waals surface area contributed by atoms with Crippen molar-refractivity contribution in [2.24, 2.45) is 12.2 Å². The molecule has 0 aliphatic rings. The maximum absolute atomic E-state index is 10.8. The van der Waals surface area contributed by atoms with Crippen molar-refractivity contribution in [2.45, 2.75) is 5.03 Å². The predicted octanol–water partition coefficient (Wildman–Crippen LogP) is -0.301. The Kier molecular flexibility index (Phi) is 1.49. The third kappa shape index (κ3) is 1.34. The average Bonchev–Trinajstić information content (AvgIpc) is 2.11. The first-order valence-electron chi connectivity index (χ1n) is 2.56. The summed E-state index contributed by atoms with van der Waals surface area (Å²) in [5, 5.41) is 8.82. The Balaban J connectivity index is 3.21. The van der Waals surface area contributed by atoms with Gasteiger partial charge in [0.2, 0.25) is 0 Å². The summed E-state index contributed by atoms with van der Waals surface area (Å²) in [5.41, 5.74) is 0. The van der Waals surface area contributed by atoms with Crippen LogP contribution in [0.15, 0.2) is 17.3 Å². The van der Waals surface area contributed by atoms with Gasteiger partial charge in [-0.2, -0.15) is 5.10 Å². The fourth-order valence-electron chi connectivity index (χ4n) is 0.555. The molecule has 0 fully saturated rings. The molecule has 0 aliphatic heterocycles. The van der Waals surface area contributed by atoms with Gasteiger partial charge in [0.15, 0.2) is 14.9 Å². The van der Waals surface area contributed by atoms with Crippen molar-refractivity contribution in [3.8, 4) is 0 Å². The van der Waals surface area contributed by atoms with Crippen molar-refractivity contribution in [3.05, 3.63) is 12.3 Å². The minimum absolute atomic E-state index is 0.120. The third-order valence-electron chi connectivity index (χ3n) is 1.000. The first-order chi connectivity index (χ1) is 4.50. The monoisotopic (exact) mass is 160 g/mol. The van der Waals surface area contributed by atoms with Crippen LogP contribution in [0.2, 0.25) is 0 Å². The van der Waals surface area contributed by atoms with Crippen molar-refractivity contribution in [1.82, 2.24) is 9.78 Å². The van der Waals surface area contributed by atoms with E-state index in [1.807, 2.05) is 0 Å². The molecule has 3 N–H and O–H groups in total. The van der Waals surface area contributed by atoms with Crippen molar-refractivity contribution in [1.29, 1.82) is 4.78 Å². The molecule has 0 aromatic carbocycles. The molecule has 0 saturated heterocycles. The molecule has 1 rings (SSSR count). The average molecular weight is 160 g/mol. The quantitative estimate of drug-likeness (QED) is 0.591. The van der Waals surface area contributed by atoms with E-state index in [1.165, 1.54) is 10.7 Å². The molecule has 1 aromatic heterocycles. The number of hydrogen-bond donors (Lipinski definition) is 2. The normalized spacial score (nSPS) is 16.6. The number of hydrogen-bond acceptors (Lipinski definition) is 3. The summed E-state index contributed by atoms with van der Waals surface area (Å²) in [4.78, 5) is 0. The molecule has 6 heteroatoms. The van der Waals surface area contributed by atoms with Crippen molar-refractivity contribution < 1.29 is 4.21 Å². The molecule has 1 atom stereocenters. The molecule has 1 aromatic rings. The number of nitrogens with zero attached hydrogens (tertiary/aromatic N) is 2. The highest BCUT2D eigenvalue weighted by atomic mass is 32.2.